The summed E-state index contributed by atoms with van der Waals surface area (Å²) in [6, 6.07) is 8.55. The highest BCUT2D eigenvalue weighted by atomic mass is 19.1. The number of aromatic nitrogens is 1. The van der Waals surface area contributed by atoms with Crippen LogP contribution in [0.1, 0.15) is 10.5 Å². The first kappa shape index (κ1) is 12.8. The number of aromatic carboxylic acids is 1. The van der Waals surface area contributed by atoms with Crippen molar-refractivity contribution in [3.8, 4) is 0 Å². The molecule has 5 nitrogen and oxygen atoms in total. The average molecular weight is 261 g/mol. The number of carboxylic acid groups (broad SMARTS) is 1. The average Bonchev–Trinajstić information content (AvgIpc) is 2.39. The van der Waals surface area contributed by atoms with E-state index in [0.717, 1.165) is 0 Å². The zero-order valence-electron chi connectivity index (χ0n) is 10.2. The van der Waals surface area contributed by atoms with Gasteiger partial charge in [0.05, 0.1) is 5.69 Å². The van der Waals surface area contributed by atoms with Crippen molar-refractivity contribution in [2.45, 2.75) is 0 Å². The lowest BCUT2D eigenvalue weighted by Crippen LogP contribution is -2.15. The Bertz CT molecular complexity index is 614. The molecule has 6 heteroatoms. The molecule has 0 fully saturated rings. The molecule has 98 valence electrons. The number of nitrogens with two attached hydrogens (primary N) is 1. The van der Waals surface area contributed by atoms with Crippen LogP contribution in [-0.4, -0.2) is 23.1 Å². The van der Waals surface area contributed by atoms with Crippen LogP contribution in [0.4, 0.5) is 21.6 Å². The van der Waals surface area contributed by atoms with Gasteiger partial charge in [-0.15, -0.1) is 0 Å². The lowest BCUT2D eigenvalue weighted by atomic mass is 10.2. The van der Waals surface area contributed by atoms with Crippen LogP contribution in [0.25, 0.3) is 0 Å². The summed E-state index contributed by atoms with van der Waals surface area (Å²) in [6.45, 7) is 0. The summed E-state index contributed by atoms with van der Waals surface area (Å²) in [5.74, 6) is -1.17. The molecule has 0 aliphatic heterocycles. The van der Waals surface area contributed by atoms with Crippen LogP contribution >= 0.6 is 0 Å². The molecule has 1 aromatic carbocycles. The third-order valence-electron chi connectivity index (χ3n) is 2.66. The van der Waals surface area contributed by atoms with E-state index in [2.05, 4.69) is 4.98 Å². The summed E-state index contributed by atoms with van der Waals surface area (Å²) in [5, 5.41) is 8.92. The van der Waals surface area contributed by atoms with E-state index in [4.69, 9.17) is 10.8 Å². The quantitative estimate of drug-likeness (QED) is 0.886. The predicted molar refractivity (Wildman–Crippen MR) is 70.1 cm³/mol. The Morgan fingerprint density at radius 1 is 1.26 bits per heavy atom. The molecule has 19 heavy (non-hydrogen) atoms. The fourth-order valence-corrected chi connectivity index (χ4v) is 1.63. The summed E-state index contributed by atoms with van der Waals surface area (Å²) >= 11 is 0. The maximum atomic E-state index is 12.9. The largest absolute Gasteiger partial charge is 0.477 e. The fourth-order valence-electron chi connectivity index (χ4n) is 1.63. The van der Waals surface area contributed by atoms with Crippen molar-refractivity contribution in [3.05, 3.63) is 47.9 Å². The number of hydrogen-bond acceptors (Lipinski definition) is 4. The Morgan fingerprint density at radius 2 is 1.89 bits per heavy atom. The van der Waals surface area contributed by atoms with Gasteiger partial charge in [0.2, 0.25) is 0 Å². The van der Waals surface area contributed by atoms with Gasteiger partial charge < -0.3 is 15.7 Å². The number of rotatable bonds is 3. The number of halogens is 1. The van der Waals surface area contributed by atoms with Gasteiger partial charge in [-0.25, -0.2) is 14.2 Å². The van der Waals surface area contributed by atoms with Gasteiger partial charge in [0, 0.05) is 12.7 Å². The van der Waals surface area contributed by atoms with Gasteiger partial charge in [-0.2, -0.15) is 0 Å². The summed E-state index contributed by atoms with van der Waals surface area (Å²) in [7, 11) is 1.68. The van der Waals surface area contributed by atoms with Crippen molar-refractivity contribution in [1.82, 2.24) is 4.98 Å². The van der Waals surface area contributed by atoms with Crippen LogP contribution in [0.5, 0.6) is 0 Å². The molecule has 2 aromatic rings. The number of anilines is 3. The molecule has 1 heterocycles. The minimum atomic E-state index is -1.13. The molecule has 0 radical (unpaired) electrons. The Balaban J connectivity index is 2.42. The molecule has 0 bridgehead atoms. The highest BCUT2D eigenvalue weighted by Crippen LogP contribution is 2.27. The molecule has 0 aliphatic rings. The molecule has 0 amide bonds. The standard InChI is InChI=1S/C13H12FN3O2/c1-17(9-4-2-8(14)3-5-9)12-10(15)6-7-11(16-12)13(18)19/h2-7H,15H2,1H3,(H,18,19). The number of carbonyl (C=O) groups is 1. The van der Waals surface area contributed by atoms with Crippen LogP contribution < -0.4 is 10.6 Å². The molecular weight excluding hydrogens is 249 g/mol. The zero-order valence-corrected chi connectivity index (χ0v) is 10.2. The lowest BCUT2D eigenvalue weighted by Gasteiger charge is -2.20. The Kier molecular flexibility index (Phi) is 3.33. The number of hydrogen-bond donors (Lipinski definition) is 2. The van der Waals surface area contributed by atoms with E-state index in [1.54, 1.807) is 24.1 Å². The van der Waals surface area contributed by atoms with Gasteiger partial charge in [0.1, 0.15) is 5.82 Å². The minimum absolute atomic E-state index is 0.0989. The molecule has 3 N–H and O–H groups in total. The van der Waals surface area contributed by atoms with E-state index in [9.17, 15) is 9.18 Å². The Hall–Kier alpha value is -2.63. The molecule has 0 saturated carbocycles. The highest BCUT2D eigenvalue weighted by molar-refractivity contribution is 5.87. The van der Waals surface area contributed by atoms with Gasteiger partial charge in [-0.1, -0.05) is 0 Å². The maximum Gasteiger partial charge on any atom is 0.354 e. The molecule has 0 spiro atoms. The predicted octanol–water partition coefficient (Wildman–Crippen LogP) is 2.27. The first-order valence-corrected chi connectivity index (χ1v) is 5.48. The molecule has 0 aliphatic carbocycles. The smallest absolute Gasteiger partial charge is 0.354 e. The number of carboxylic acids is 1. The van der Waals surface area contributed by atoms with Crippen molar-refractivity contribution >= 4 is 23.2 Å². The first-order valence-electron chi connectivity index (χ1n) is 5.48. The second-order valence-corrected chi connectivity index (χ2v) is 3.95. The minimum Gasteiger partial charge on any atom is -0.477 e. The van der Waals surface area contributed by atoms with Gasteiger partial charge in [-0.05, 0) is 36.4 Å². The fraction of sp³-hybridized carbons (Fsp3) is 0.0769. The second-order valence-electron chi connectivity index (χ2n) is 3.95. The highest BCUT2D eigenvalue weighted by Gasteiger charge is 2.13. The third-order valence-corrected chi connectivity index (χ3v) is 2.66. The van der Waals surface area contributed by atoms with Gasteiger partial charge in [0.15, 0.2) is 11.5 Å². The van der Waals surface area contributed by atoms with Crippen molar-refractivity contribution < 1.29 is 14.3 Å². The molecule has 0 saturated heterocycles. The van der Waals surface area contributed by atoms with Crippen molar-refractivity contribution in [2.75, 3.05) is 17.7 Å². The van der Waals surface area contributed by atoms with Crippen LogP contribution in [0, 0.1) is 5.82 Å². The van der Waals surface area contributed by atoms with E-state index < -0.39 is 5.97 Å². The summed E-state index contributed by atoms with van der Waals surface area (Å²) < 4.78 is 12.9. The maximum absolute atomic E-state index is 12.9. The monoisotopic (exact) mass is 261 g/mol. The van der Waals surface area contributed by atoms with Gasteiger partial charge >= 0.3 is 5.97 Å². The number of pyridine rings is 1. The molecule has 0 atom stereocenters. The van der Waals surface area contributed by atoms with Crippen LogP contribution in [0.15, 0.2) is 36.4 Å². The van der Waals surface area contributed by atoms with E-state index >= 15 is 0 Å². The SMILES string of the molecule is CN(c1ccc(F)cc1)c1nc(C(=O)O)ccc1N. The normalized spacial score (nSPS) is 10.2. The van der Waals surface area contributed by atoms with Crippen LogP contribution in [0.3, 0.4) is 0 Å². The first-order chi connectivity index (χ1) is 8.99. The van der Waals surface area contributed by atoms with Gasteiger partial charge in [0.25, 0.3) is 0 Å². The van der Waals surface area contributed by atoms with Crippen LogP contribution in [-0.2, 0) is 0 Å². The van der Waals surface area contributed by atoms with Crippen molar-refractivity contribution in [1.29, 1.82) is 0 Å². The summed E-state index contributed by atoms with van der Waals surface area (Å²) in [4.78, 5) is 16.5. The molecule has 2 rings (SSSR count). The number of nitrogen functional groups attached to an aromatic ring is 1. The zero-order chi connectivity index (χ0) is 14.0. The van der Waals surface area contributed by atoms with Crippen molar-refractivity contribution in [2.24, 2.45) is 0 Å². The lowest BCUT2D eigenvalue weighted by molar-refractivity contribution is 0.0690. The van der Waals surface area contributed by atoms with Gasteiger partial charge in [-0.3, -0.25) is 0 Å². The van der Waals surface area contributed by atoms with E-state index in [0.29, 0.717) is 17.2 Å². The molecule has 1 aromatic heterocycles. The second kappa shape index (κ2) is 4.93. The van der Waals surface area contributed by atoms with E-state index in [1.807, 2.05) is 0 Å². The van der Waals surface area contributed by atoms with Crippen molar-refractivity contribution in [3.63, 3.8) is 0 Å². The topological polar surface area (TPSA) is 79.5 Å². The third kappa shape index (κ3) is 2.62. The molecular formula is C13H12FN3O2. The van der Waals surface area contributed by atoms with E-state index in [1.165, 1.54) is 24.3 Å². The summed E-state index contributed by atoms with van der Waals surface area (Å²) in [6.07, 6.45) is 0. The number of benzene rings is 1. The molecule has 0 unspecified atom stereocenters. The summed E-state index contributed by atoms with van der Waals surface area (Å²) in [5.41, 5.74) is 6.69. The Labute approximate surface area is 109 Å². The van der Waals surface area contributed by atoms with E-state index in [-0.39, 0.29) is 11.5 Å². The van der Waals surface area contributed by atoms with Crippen LogP contribution in [0.2, 0.25) is 0 Å². The number of nitrogens with zero attached hydrogens (tertiary/aromatic N) is 2. The Morgan fingerprint density at radius 3 is 2.47 bits per heavy atom.